The molecule has 6 nitrogen and oxygen atoms in total. The van der Waals surface area contributed by atoms with Crippen molar-refractivity contribution in [2.45, 2.75) is 13.5 Å². The Morgan fingerprint density at radius 1 is 0.882 bits per heavy atom. The first-order valence-corrected chi connectivity index (χ1v) is 11.7. The number of ether oxygens (including phenoxy) is 3. The number of amides is 2. The Bertz CT molecular complexity index is 1210. The quantitative estimate of drug-likeness (QED) is 0.292. The highest BCUT2D eigenvalue weighted by Gasteiger charge is 2.35. The van der Waals surface area contributed by atoms with Gasteiger partial charge in [0.15, 0.2) is 11.5 Å². The standard InChI is InChI=1S/C27H25NO5S/c1-19-8-6-7-9-21(19)18-28-26(29)25(34-27(28)30)17-20-12-13-23(24(16-20)31-2)33-15-14-32-22-10-4-3-5-11-22/h3-13,16-17H,14-15,18H2,1-2H3/b25-17-. The third-order valence-electron chi connectivity index (χ3n) is 5.30. The van der Waals surface area contributed by atoms with E-state index in [0.717, 1.165) is 34.2 Å². The van der Waals surface area contributed by atoms with E-state index in [1.165, 1.54) is 4.90 Å². The highest BCUT2D eigenvalue weighted by molar-refractivity contribution is 8.18. The van der Waals surface area contributed by atoms with Gasteiger partial charge in [0.25, 0.3) is 11.1 Å². The van der Waals surface area contributed by atoms with Gasteiger partial charge in [-0.05, 0) is 65.7 Å². The van der Waals surface area contributed by atoms with Crippen molar-refractivity contribution in [2.24, 2.45) is 0 Å². The summed E-state index contributed by atoms with van der Waals surface area (Å²) >= 11 is 0.944. The van der Waals surface area contributed by atoms with Crippen LogP contribution in [0.25, 0.3) is 6.08 Å². The van der Waals surface area contributed by atoms with Gasteiger partial charge in [0.1, 0.15) is 19.0 Å². The summed E-state index contributed by atoms with van der Waals surface area (Å²) in [7, 11) is 1.56. The van der Waals surface area contributed by atoms with E-state index < -0.39 is 0 Å². The molecule has 0 saturated carbocycles. The summed E-state index contributed by atoms with van der Waals surface area (Å²) in [6, 6.07) is 22.6. The molecule has 0 spiro atoms. The maximum atomic E-state index is 12.9. The third kappa shape index (κ3) is 5.61. The molecule has 2 amide bonds. The van der Waals surface area contributed by atoms with Gasteiger partial charge in [0, 0.05) is 0 Å². The van der Waals surface area contributed by atoms with Gasteiger partial charge in [0.2, 0.25) is 0 Å². The SMILES string of the molecule is COc1cc(/C=C2\SC(=O)N(Cc3ccccc3C)C2=O)ccc1OCCOc1ccccc1. The van der Waals surface area contributed by atoms with Crippen LogP contribution >= 0.6 is 11.8 Å². The van der Waals surface area contributed by atoms with Crippen molar-refractivity contribution in [1.29, 1.82) is 0 Å². The second-order valence-electron chi connectivity index (χ2n) is 7.61. The second kappa shape index (κ2) is 10.9. The molecule has 1 fully saturated rings. The molecule has 4 rings (SSSR count). The minimum Gasteiger partial charge on any atom is -0.493 e. The van der Waals surface area contributed by atoms with Crippen LogP contribution < -0.4 is 14.2 Å². The maximum Gasteiger partial charge on any atom is 0.293 e. The van der Waals surface area contributed by atoms with Crippen molar-refractivity contribution in [3.63, 3.8) is 0 Å². The molecule has 0 aromatic heterocycles. The minimum atomic E-state index is -0.296. The van der Waals surface area contributed by atoms with Crippen LogP contribution in [0.2, 0.25) is 0 Å². The van der Waals surface area contributed by atoms with Gasteiger partial charge in [-0.1, -0.05) is 48.5 Å². The van der Waals surface area contributed by atoms with Crippen LogP contribution in [0.1, 0.15) is 16.7 Å². The number of imide groups is 1. The number of rotatable bonds is 9. The number of hydrogen-bond acceptors (Lipinski definition) is 6. The number of methoxy groups -OCH3 is 1. The molecule has 0 unspecified atom stereocenters. The fourth-order valence-electron chi connectivity index (χ4n) is 3.47. The van der Waals surface area contributed by atoms with E-state index in [0.29, 0.717) is 29.6 Å². The van der Waals surface area contributed by atoms with Crippen LogP contribution in [-0.2, 0) is 11.3 Å². The first-order valence-electron chi connectivity index (χ1n) is 10.8. The van der Waals surface area contributed by atoms with E-state index in [1.807, 2.05) is 67.6 Å². The average molecular weight is 476 g/mol. The molecule has 7 heteroatoms. The lowest BCUT2D eigenvalue weighted by Gasteiger charge is -2.14. The third-order valence-corrected chi connectivity index (χ3v) is 6.21. The van der Waals surface area contributed by atoms with Crippen LogP contribution in [0.15, 0.2) is 77.7 Å². The van der Waals surface area contributed by atoms with E-state index in [-0.39, 0.29) is 17.7 Å². The number of para-hydroxylation sites is 1. The van der Waals surface area contributed by atoms with Crippen LogP contribution in [0, 0.1) is 6.92 Å². The van der Waals surface area contributed by atoms with Crippen LogP contribution in [-0.4, -0.2) is 36.4 Å². The summed E-state index contributed by atoms with van der Waals surface area (Å²) in [4.78, 5) is 27.1. The van der Waals surface area contributed by atoms with E-state index >= 15 is 0 Å². The monoisotopic (exact) mass is 475 g/mol. The van der Waals surface area contributed by atoms with Gasteiger partial charge in [-0.15, -0.1) is 0 Å². The summed E-state index contributed by atoms with van der Waals surface area (Å²) in [5.74, 6) is 1.59. The molecule has 34 heavy (non-hydrogen) atoms. The Morgan fingerprint density at radius 2 is 1.62 bits per heavy atom. The average Bonchev–Trinajstić information content (AvgIpc) is 3.11. The number of aryl methyl sites for hydroxylation is 1. The summed E-state index contributed by atoms with van der Waals surface area (Å²) < 4.78 is 16.9. The fourth-order valence-corrected chi connectivity index (χ4v) is 4.30. The normalized spacial score (nSPS) is 14.5. The summed E-state index contributed by atoms with van der Waals surface area (Å²) in [5.41, 5.74) is 2.73. The summed E-state index contributed by atoms with van der Waals surface area (Å²) in [6.45, 7) is 2.97. The fraction of sp³-hybridized carbons (Fsp3) is 0.185. The molecule has 1 aliphatic rings. The zero-order valence-corrected chi connectivity index (χ0v) is 19.8. The van der Waals surface area contributed by atoms with E-state index in [9.17, 15) is 9.59 Å². The van der Waals surface area contributed by atoms with Gasteiger partial charge in [0.05, 0.1) is 18.6 Å². The van der Waals surface area contributed by atoms with Crippen molar-refractivity contribution in [2.75, 3.05) is 20.3 Å². The van der Waals surface area contributed by atoms with Gasteiger partial charge < -0.3 is 14.2 Å². The van der Waals surface area contributed by atoms with Crippen molar-refractivity contribution in [3.05, 3.63) is 94.4 Å². The largest absolute Gasteiger partial charge is 0.493 e. The second-order valence-corrected chi connectivity index (χ2v) is 8.61. The Labute approximate surface area is 203 Å². The molecule has 1 saturated heterocycles. The van der Waals surface area contributed by atoms with Crippen molar-refractivity contribution in [3.8, 4) is 17.2 Å². The zero-order valence-electron chi connectivity index (χ0n) is 19.0. The number of thioether (sulfide) groups is 1. The topological polar surface area (TPSA) is 65.1 Å². The van der Waals surface area contributed by atoms with Crippen LogP contribution in [0.5, 0.6) is 17.2 Å². The minimum absolute atomic E-state index is 0.260. The number of benzene rings is 3. The first-order chi connectivity index (χ1) is 16.5. The smallest absolute Gasteiger partial charge is 0.293 e. The van der Waals surface area contributed by atoms with E-state index in [4.69, 9.17) is 14.2 Å². The predicted molar refractivity (Wildman–Crippen MR) is 133 cm³/mol. The van der Waals surface area contributed by atoms with Crippen LogP contribution in [0.4, 0.5) is 4.79 Å². The molecular formula is C27H25NO5S. The molecule has 3 aromatic carbocycles. The Balaban J connectivity index is 1.40. The van der Waals surface area contributed by atoms with E-state index in [1.54, 1.807) is 25.3 Å². The highest BCUT2D eigenvalue weighted by Crippen LogP contribution is 2.35. The molecule has 1 aliphatic heterocycles. The number of nitrogens with zero attached hydrogens (tertiary/aromatic N) is 1. The number of carbonyl (C=O) groups excluding carboxylic acids is 2. The highest BCUT2D eigenvalue weighted by atomic mass is 32.2. The lowest BCUT2D eigenvalue weighted by atomic mass is 10.1. The molecule has 0 N–H and O–H groups in total. The van der Waals surface area contributed by atoms with Gasteiger partial charge >= 0.3 is 0 Å². The van der Waals surface area contributed by atoms with Crippen molar-refractivity contribution < 1.29 is 23.8 Å². The molecule has 0 bridgehead atoms. The molecule has 0 atom stereocenters. The Morgan fingerprint density at radius 3 is 2.38 bits per heavy atom. The van der Waals surface area contributed by atoms with Crippen LogP contribution in [0.3, 0.4) is 0 Å². The first kappa shape index (κ1) is 23.4. The molecule has 174 valence electrons. The lowest BCUT2D eigenvalue weighted by Crippen LogP contribution is -2.27. The Hall–Kier alpha value is -3.71. The molecule has 1 heterocycles. The molecule has 0 radical (unpaired) electrons. The summed E-state index contributed by atoms with van der Waals surface area (Å²) in [5, 5.41) is -0.273. The Kier molecular flexibility index (Phi) is 7.54. The number of carbonyl (C=O) groups is 2. The maximum absolute atomic E-state index is 12.9. The van der Waals surface area contributed by atoms with Crippen molar-refractivity contribution in [1.82, 2.24) is 4.90 Å². The van der Waals surface area contributed by atoms with Crippen molar-refractivity contribution >= 4 is 29.0 Å². The molecular weight excluding hydrogens is 450 g/mol. The number of hydrogen-bond donors (Lipinski definition) is 0. The van der Waals surface area contributed by atoms with E-state index in [2.05, 4.69) is 0 Å². The molecule has 3 aromatic rings. The molecule has 0 aliphatic carbocycles. The van der Waals surface area contributed by atoms with Gasteiger partial charge in [-0.2, -0.15) is 0 Å². The predicted octanol–water partition coefficient (Wildman–Crippen LogP) is 5.70. The van der Waals surface area contributed by atoms with Gasteiger partial charge in [-0.3, -0.25) is 14.5 Å². The lowest BCUT2D eigenvalue weighted by molar-refractivity contribution is -0.123. The summed E-state index contributed by atoms with van der Waals surface area (Å²) in [6.07, 6.45) is 1.70. The van der Waals surface area contributed by atoms with Gasteiger partial charge in [-0.25, -0.2) is 0 Å². The zero-order chi connectivity index (χ0) is 23.9.